The van der Waals surface area contributed by atoms with Gasteiger partial charge < -0.3 is 19.5 Å². The Morgan fingerprint density at radius 2 is 1.60 bits per heavy atom. The third-order valence-corrected chi connectivity index (χ3v) is 3.26. The van der Waals surface area contributed by atoms with Gasteiger partial charge in [0, 0.05) is 35.1 Å². The second kappa shape index (κ2) is 8.58. The molecule has 0 aliphatic carbocycles. The molecular formula is C18H20N2O5. The largest absolute Gasteiger partial charge is 0.497 e. The SMILES string of the molecule is CCOC(=O)Nc1cccc(C(=O)Nc2cc(OC)cc(OC)c2)c1. The molecule has 0 fully saturated rings. The number of amides is 2. The van der Waals surface area contributed by atoms with Crippen LogP contribution in [0.15, 0.2) is 42.5 Å². The van der Waals surface area contributed by atoms with Crippen LogP contribution in [0.4, 0.5) is 16.2 Å². The Hall–Kier alpha value is -3.22. The van der Waals surface area contributed by atoms with E-state index in [4.69, 9.17) is 14.2 Å². The van der Waals surface area contributed by atoms with Crippen LogP contribution in [-0.4, -0.2) is 32.8 Å². The van der Waals surface area contributed by atoms with Gasteiger partial charge in [0.15, 0.2) is 0 Å². The van der Waals surface area contributed by atoms with E-state index in [1.54, 1.807) is 49.4 Å². The maximum Gasteiger partial charge on any atom is 0.411 e. The molecule has 0 aliphatic heterocycles. The maximum atomic E-state index is 12.4. The minimum Gasteiger partial charge on any atom is -0.497 e. The van der Waals surface area contributed by atoms with Gasteiger partial charge in [-0.25, -0.2) is 4.79 Å². The number of hydrogen-bond acceptors (Lipinski definition) is 5. The van der Waals surface area contributed by atoms with Crippen molar-refractivity contribution in [2.24, 2.45) is 0 Å². The zero-order valence-corrected chi connectivity index (χ0v) is 14.3. The first-order chi connectivity index (χ1) is 12.0. The van der Waals surface area contributed by atoms with E-state index in [9.17, 15) is 9.59 Å². The molecule has 0 radical (unpaired) electrons. The van der Waals surface area contributed by atoms with Crippen molar-refractivity contribution in [1.29, 1.82) is 0 Å². The lowest BCUT2D eigenvalue weighted by Gasteiger charge is -2.11. The Balaban J connectivity index is 2.14. The van der Waals surface area contributed by atoms with Gasteiger partial charge in [-0.15, -0.1) is 0 Å². The topological polar surface area (TPSA) is 85.9 Å². The Kier molecular flexibility index (Phi) is 6.22. The van der Waals surface area contributed by atoms with Crippen molar-refractivity contribution in [3.8, 4) is 11.5 Å². The van der Waals surface area contributed by atoms with Crippen LogP contribution in [0.1, 0.15) is 17.3 Å². The highest BCUT2D eigenvalue weighted by Gasteiger charge is 2.10. The summed E-state index contributed by atoms with van der Waals surface area (Å²) in [7, 11) is 3.07. The second-order valence-electron chi connectivity index (χ2n) is 4.98. The highest BCUT2D eigenvalue weighted by Crippen LogP contribution is 2.26. The van der Waals surface area contributed by atoms with Gasteiger partial charge >= 0.3 is 6.09 Å². The number of hydrogen-bond donors (Lipinski definition) is 2. The molecule has 0 unspecified atom stereocenters. The summed E-state index contributed by atoms with van der Waals surface area (Å²) in [5.41, 5.74) is 1.38. The third-order valence-electron chi connectivity index (χ3n) is 3.26. The minimum absolute atomic E-state index is 0.268. The Morgan fingerprint density at radius 1 is 0.920 bits per heavy atom. The molecule has 7 heteroatoms. The van der Waals surface area contributed by atoms with Gasteiger partial charge in [-0.1, -0.05) is 6.07 Å². The number of carbonyl (C=O) groups is 2. The molecule has 0 saturated heterocycles. The predicted octanol–water partition coefficient (Wildman–Crippen LogP) is 3.52. The molecule has 0 atom stereocenters. The van der Waals surface area contributed by atoms with Crippen LogP contribution in [0, 0.1) is 0 Å². The molecule has 0 aliphatic rings. The van der Waals surface area contributed by atoms with Gasteiger partial charge in [0.1, 0.15) is 11.5 Å². The summed E-state index contributed by atoms with van der Waals surface area (Å²) in [4.78, 5) is 23.9. The minimum atomic E-state index is -0.572. The highest BCUT2D eigenvalue weighted by atomic mass is 16.5. The lowest BCUT2D eigenvalue weighted by molar-refractivity contribution is 0.102. The van der Waals surface area contributed by atoms with Gasteiger partial charge in [0.25, 0.3) is 5.91 Å². The van der Waals surface area contributed by atoms with Crippen LogP contribution in [0.5, 0.6) is 11.5 Å². The number of ether oxygens (including phenoxy) is 3. The molecule has 132 valence electrons. The van der Waals surface area contributed by atoms with Crippen LogP contribution in [0.3, 0.4) is 0 Å². The maximum absolute atomic E-state index is 12.4. The van der Waals surface area contributed by atoms with E-state index in [1.807, 2.05) is 0 Å². The summed E-state index contributed by atoms with van der Waals surface area (Å²) in [6, 6.07) is 11.6. The molecule has 0 spiro atoms. The summed E-state index contributed by atoms with van der Waals surface area (Å²) < 4.78 is 15.2. The van der Waals surface area contributed by atoms with Gasteiger partial charge in [-0.05, 0) is 25.1 Å². The molecule has 2 amide bonds. The van der Waals surface area contributed by atoms with Crippen molar-refractivity contribution in [3.63, 3.8) is 0 Å². The van der Waals surface area contributed by atoms with E-state index in [0.29, 0.717) is 28.4 Å². The predicted molar refractivity (Wildman–Crippen MR) is 94.6 cm³/mol. The van der Waals surface area contributed by atoms with Crippen molar-refractivity contribution in [2.45, 2.75) is 6.92 Å². The third kappa shape index (κ3) is 5.13. The molecule has 0 saturated carbocycles. The average molecular weight is 344 g/mol. The van der Waals surface area contributed by atoms with Gasteiger partial charge in [0.2, 0.25) is 0 Å². The van der Waals surface area contributed by atoms with E-state index in [2.05, 4.69) is 10.6 Å². The molecule has 0 bridgehead atoms. The number of nitrogens with one attached hydrogen (secondary N) is 2. The molecular weight excluding hydrogens is 324 g/mol. The van der Waals surface area contributed by atoms with E-state index in [-0.39, 0.29) is 12.5 Å². The van der Waals surface area contributed by atoms with Gasteiger partial charge in [0.05, 0.1) is 20.8 Å². The Morgan fingerprint density at radius 3 is 2.20 bits per heavy atom. The van der Waals surface area contributed by atoms with Crippen molar-refractivity contribution in [2.75, 3.05) is 31.5 Å². The number of methoxy groups -OCH3 is 2. The van der Waals surface area contributed by atoms with Crippen LogP contribution >= 0.6 is 0 Å². The van der Waals surface area contributed by atoms with E-state index in [1.165, 1.54) is 14.2 Å². The van der Waals surface area contributed by atoms with Gasteiger partial charge in [-0.3, -0.25) is 10.1 Å². The molecule has 2 aromatic rings. The van der Waals surface area contributed by atoms with Crippen LogP contribution < -0.4 is 20.1 Å². The zero-order valence-electron chi connectivity index (χ0n) is 14.3. The fourth-order valence-corrected chi connectivity index (χ4v) is 2.11. The monoisotopic (exact) mass is 344 g/mol. The fraction of sp³-hybridized carbons (Fsp3) is 0.222. The zero-order chi connectivity index (χ0) is 18.2. The molecule has 0 aromatic heterocycles. The number of rotatable bonds is 6. The van der Waals surface area contributed by atoms with E-state index < -0.39 is 6.09 Å². The summed E-state index contributed by atoms with van der Waals surface area (Å²) in [5.74, 6) is 0.794. The van der Waals surface area contributed by atoms with Crippen molar-refractivity contribution in [1.82, 2.24) is 0 Å². The summed E-state index contributed by atoms with van der Waals surface area (Å²) >= 11 is 0. The molecule has 2 N–H and O–H groups in total. The first-order valence-corrected chi connectivity index (χ1v) is 7.64. The van der Waals surface area contributed by atoms with E-state index in [0.717, 1.165) is 0 Å². The van der Waals surface area contributed by atoms with Crippen molar-refractivity contribution in [3.05, 3.63) is 48.0 Å². The van der Waals surface area contributed by atoms with Crippen LogP contribution in [-0.2, 0) is 4.74 Å². The van der Waals surface area contributed by atoms with Crippen molar-refractivity contribution < 1.29 is 23.8 Å². The summed E-state index contributed by atoms with van der Waals surface area (Å²) in [6.07, 6.45) is -0.572. The quantitative estimate of drug-likeness (QED) is 0.837. The normalized spacial score (nSPS) is 9.88. The molecule has 7 nitrogen and oxygen atoms in total. The first kappa shape index (κ1) is 18.1. The lowest BCUT2D eigenvalue weighted by Crippen LogP contribution is -2.15. The lowest BCUT2D eigenvalue weighted by atomic mass is 10.2. The molecule has 2 aromatic carbocycles. The average Bonchev–Trinajstić information content (AvgIpc) is 2.61. The summed E-state index contributed by atoms with van der Waals surface area (Å²) in [5, 5.41) is 5.33. The first-order valence-electron chi connectivity index (χ1n) is 7.64. The number of carbonyl (C=O) groups excluding carboxylic acids is 2. The van der Waals surface area contributed by atoms with Crippen molar-refractivity contribution >= 4 is 23.4 Å². The number of benzene rings is 2. The van der Waals surface area contributed by atoms with E-state index >= 15 is 0 Å². The fourth-order valence-electron chi connectivity index (χ4n) is 2.11. The number of anilines is 2. The smallest absolute Gasteiger partial charge is 0.411 e. The molecule has 25 heavy (non-hydrogen) atoms. The molecule has 2 rings (SSSR count). The molecule has 0 heterocycles. The standard InChI is InChI=1S/C18H20N2O5/c1-4-25-18(22)20-13-7-5-6-12(8-13)17(21)19-14-9-15(23-2)11-16(10-14)24-3/h5-11H,4H2,1-3H3,(H,19,21)(H,20,22). The van der Waals surface area contributed by atoms with Gasteiger partial charge in [-0.2, -0.15) is 0 Å². The van der Waals surface area contributed by atoms with Crippen LogP contribution in [0.25, 0.3) is 0 Å². The Bertz CT molecular complexity index is 739. The second-order valence-corrected chi connectivity index (χ2v) is 4.98. The van der Waals surface area contributed by atoms with Crippen LogP contribution in [0.2, 0.25) is 0 Å². The highest BCUT2D eigenvalue weighted by molar-refractivity contribution is 6.05. The summed E-state index contributed by atoms with van der Waals surface area (Å²) in [6.45, 7) is 1.98. The Labute approximate surface area is 145 Å².